The largest absolute Gasteiger partial charge is 0.491 e. The molecule has 0 radical (unpaired) electrons. The van der Waals surface area contributed by atoms with Gasteiger partial charge in [-0.1, -0.05) is 22.0 Å². The molecule has 0 bridgehead atoms. The Hall–Kier alpha value is -2.71. The van der Waals surface area contributed by atoms with E-state index in [2.05, 4.69) is 25.9 Å². The summed E-state index contributed by atoms with van der Waals surface area (Å²) in [7, 11) is 1.77. The fourth-order valence-electron chi connectivity index (χ4n) is 3.80. The van der Waals surface area contributed by atoms with Crippen LogP contribution in [-0.4, -0.2) is 34.4 Å². The number of ether oxygens (including phenoxy) is 2. The van der Waals surface area contributed by atoms with E-state index in [0.717, 1.165) is 32.3 Å². The zero-order valence-corrected chi connectivity index (χ0v) is 16.7. The van der Waals surface area contributed by atoms with Crippen LogP contribution >= 0.6 is 15.9 Å². The number of benzene rings is 1. The Bertz CT molecular complexity index is 1130. The van der Waals surface area contributed by atoms with Gasteiger partial charge in [0.05, 0.1) is 31.0 Å². The lowest BCUT2D eigenvalue weighted by atomic mass is 10.0. The fraction of sp³-hybridized carbons (Fsp3) is 0.250. The minimum Gasteiger partial charge on any atom is -0.491 e. The van der Waals surface area contributed by atoms with Gasteiger partial charge >= 0.3 is 0 Å². The summed E-state index contributed by atoms with van der Waals surface area (Å²) in [5.74, 6) is 1.08. The first kappa shape index (κ1) is 17.4. The number of halogens is 1. The van der Waals surface area contributed by atoms with E-state index in [1.54, 1.807) is 24.2 Å². The van der Waals surface area contributed by atoms with Crippen molar-refractivity contribution in [2.75, 3.05) is 19.4 Å². The molecule has 0 spiro atoms. The molecule has 1 unspecified atom stereocenters. The van der Waals surface area contributed by atoms with Crippen molar-refractivity contribution in [2.45, 2.75) is 19.3 Å². The molecular formula is C20H17BrN4O3. The van der Waals surface area contributed by atoms with Gasteiger partial charge in [-0.15, -0.1) is 0 Å². The first-order chi connectivity index (χ1) is 13.5. The number of aromatic nitrogens is 2. The molecule has 0 fully saturated rings. The van der Waals surface area contributed by atoms with Gasteiger partial charge in [0.25, 0.3) is 5.91 Å². The summed E-state index contributed by atoms with van der Waals surface area (Å²) in [5.41, 5.74) is 9.91. The van der Waals surface area contributed by atoms with Crippen LogP contribution in [0.25, 0.3) is 10.9 Å². The van der Waals surface area contributed by atoms with E-state index >= 15 is 0 Å². The van der Waals surface area contributed by atoms with Crippen molar-refractivity contribution in [1.82, 2.24) is 14.9 Å². The van der Waals surface area contributed by atoms with E-state index < -0.39 is 0 Å². The van der Waals surface area contributed by atoms with Crippen LogP contribution in [0.4, 0.5) is 5.82 Å². The second-order valence-corrected chi connectivity index (χ2v) is 7.87. The number of fused-ring (bicyclic) bond motifs is 4. The second kappa shape index (κ2) is 6.42. The molecule has 28 heavy (non-hydrogen) atoms. The molecule has 4 heterocycles. The summed E-state index contributed by atoms with van der Waals surface area (Å²) >= 11 is 3.44. The zero-order valence-electron chi connectivity index (χ0n) is 15.1. The summed E-state index contributed by atoms with van der Waals surface area (Å²) in [4.78, 5) is 23.5. The Balaban J connectivity index is 1.51. The molecule has 7 nitrogen and oxygen atoms in total. The van der Waals surface area contributed by atoms with Gasteiger partial charge in [0.15, 0.2) is 0 Å². The van der Waals surface area contributed by atoms with Crippen LogP contribution in [-0.2, 0) is 18.0 Å². The highest BCUT2D eigenvalue weighted by Gasteiger charge is 2.31. The molecule has 3 aromatic rings. The summed E-state index contributed by atoms with van der Waals surface area (Å²) < 4.78 is 12.2. The third-order valence-corrected chi connectivity index (χ3v) is 5.85. The maximum atomic E-state index is 13.1. The Morgan fingerprint density at radius 3 is 2.96 bits per heavy atom. The third kappa shape index (κ3) is 2.63. The number of carbonyl (C=O) groups excluding carboxylic acids is 1. The minimum atomic E-state index is -0.171. The smallest absolute Gasteiger partial charge is 0.272 e. The van der Waals surface area contributed by atoms with Crippen LogP contribution in [0.1, 0.15) is 33.2 Å². The van der Waals surface area contributed by atoms with Crippen LogP contribution in [0.15, 0.2) is 34.9 Å². The minimum absolute atomic E-state index is 0.160. The van der Waals surface area contributed by atoms with Crippen molar-refractivity contribution in [3.63, 3.8) is 0 Å². The van der Waals surface area contributed by atoms with Gasteiger partial charge in [-0.25, -0.2) is 9.97 Å². The number of nitrogen functional groups attached to an aromatic ring is 1. The maximum Gasteiger partial charge on any atom is 0.272 e. The summed E-state index contributed by atoms with van der Waals surface area (Å²) in [6, 6.07) is 7.47. The maximum absolute atomic E-state index is 13.1. The van der Waals surface area contributed by atoms with Gasteiger partial charge in [-0.3, -0.25) is 4.79 Å². The topological polar surface area (TPSA) is 90.6 Å². The summed E-state index contributed by atoms with van der Waals surface area (Å²) in [6.45, 7) is 1.33. The standard InChI is InChI=1S/C20H17BrN4O3/c1-25(17-9-28-18-4-10(21)2-3-11(17)18)20(26)15-5-12-13-7-27-8-14(13)19(22)24-16(12)6-23-15/h2-6,17H,7-9H2,1H3,(H2,22,24). The molecule has 2 aromatic heterocycles. The average Bonchev–Trinajstić information content (AvgIpc) is 3.34. The Morgan fingerprint density at radius 1 is 1.29 bits per heavy atom. The van der Waals surface area contributed by atoms with Crippen molar-refractivity contribution in [3.05, 3.63) is 57.3 Å². The molecule has 2 N–H and O–H groups in total. The highest BCUT2D eigenvalue weighted by molar-refractivity contribution is 9.10. The summed E-state index contributed by atoms with van der Waals surface area (Å²) in [6.07, 6.45) is 1.60. The lowest BCUT2D eigenvalue weighted by Gasteiger charge is -2.23. The number of hydrogen-bond donors (Lipinski definition) is 1. The fourth-order valence-corrected chi connectivity index (χ4v) is 4.14. The SMILES string of the molecule is CN(C(=O)c1cc2c3c(c(N)nc2cn1)COC3)C1COc2cc(Br)ccc21. The molecule has 8 heteroatoms. The van der Waals surface area contributed by atoms with E-state index in [1.165, 1.54) is 0 Å². The molecule has 142 valence electrons. The van der Waals surface area contributed by atoms with E-state index in [-0.39, 0.29) is 11.9 Å². The van der Waals surface area contributed by atoms with Gasteiger partial charge in [-0.2, -0.15) is 0 Å². The summed E-state index contributed by atoms with van der Waals surface area (Å²) in [5, 5.41) is 0.862. The van der Waals surface area contributed by atoms with Crippen molar-refractivity contribution in [3.8, 4) is 5.75 Å². The van der Waals surface area contributed by atoms with Crippen LogP contribution in [0, 0.1) is 0 Å². The van der Waals surface area contributed by atoms with Crippen molar-refractivity contribution in [2.24, 2.45) is 0 Å². The van der Waals surface area contributed by atoms with Crippen LogP contribution in [0.2, 0.25) is 0 Å². The molecule has 0 saturated heterocycles. The first-order valence-electron chi connectivity index (χ1n) is 8.87. The predicted molar refractivity (Wildman–Crippen MR) is 107 cm³/mol. The number of nitrogens with zero attached hydrogens (tertiary/aromatic N) is 3. The number of amides is 1. The lowest BCUT2D eigenvalue weighted by Crippen LogP contribution is -2.32. The van der Waals surface area contributed by atoms with E-state index in [0.29, 0.717) is 36.8 Å². The van der Waals surface area contributed by atoms with Crippen LogP contribution in [0.3, 0.4) is 0 Å². The molecule has 0 saturated carbocycles. The number of anilines is 1. The lowest BCUT2D eigenvalue weighted by molar-refractivity contribution is 0.0703. The Kier molecular flexibility index (Phi) is 3.99. The van der Waals surface area contributed by atoms with Crippen molar-refractivity contribution in [1.29, 1.82) is 0 Å². The highest BCUT2D eigenvalue weighted by Crippen LogP contribution is 2.38. The molecule has 5 rings (SSSR count). The normalized spacial score (nSPS) is 17.3. The third-order valence-electron chi connectivity index (χ3n) is 5.35. The quantitative estimate of drug-likeness (QED) is 0.657. The zero-order chi connectivity index (χ0) is 19.4. The number of carbonyl (C=O) groups is 1. The molecular weight excluding hydrogens is 424 g/mol. The number of likely N-dealkylation sites (N-methyl/N-ethyl adjacent to an activating group) is 1. The first-order valence-corrected chi connectivity index (χ1v) is 9.66. The van der Waals surface area contributed by atoms with Gasteiger partial charge in [0.2, 0.25) is 0 Å². The molecule has 2 aliphatic rings. The Labute approximate surface area is 169 Å². The molecule has 0 aliphatic carbocycles. The van der Waals surface area contributed by atoms with E-state index in [9.17, 15) is 4.79 Å². The van der Waals surface area contributed by atoms with E-state index in [4.69, 9.17) is 15.2 Å². The highest BCUT2D eigenvalue weighted by atomic mass is 79.9. The van der Waals surface area contributed by atoms with Gasteiger partial charge in [-0.05, 0) is 23.8 Å². The van der Waals surface area contributed by atoms with Gasteiger partial charge < -0.3 is 20.1 Å². The van der Waals surface area contributed by atoms with Crippen molar-refractivity contribution >= 4 is 38.6 Å². The molecule has 1 aromatic carbocycles. The average molecular weight is 441 g/mol. The number of nitrogens with two attached hydrogens (primary N) is 1. The molecule has 2 aliphatic heterocycles. The molecule has 1 amide bonds. The monoisotopic (exact) mass is 440 g/mol. The van der Waals surface area contributed by atoms with Crippen LogP contribution < -0.4 is 10.5 Å². The van der Waals surface area contributed by atoms with Crippen molar-refractivity contribution < 1.29 is 14.3 Å². The van der Waals surface area contributed by atoms with Crippen LogP contribution in [0.5, 0.6) is 5.75 Å². The number of hydrogen-bond acceptors (Lipinski definition) is 6. The van der Waals surface area contributed by atoms with Gasteiger partial charge in [0.1, 0.15) is 23.9 Å². The predicted octanol–water partition coefficient (Wildman–Crippen LogP) is 3.21. The number of rotatable bonds is 2. The Morgan fingerprint density at radius 2 is 2.11 bits per heavy atom. The molecule has 1 atom stereocenters. The number of pyridine rings is 2. The van der Waals surface area contributed by atoms with E-state index in [1.807, 2.05) is 18.2 Å². The second-order valence-electron chi connectivity index (χ2n) is 6.96. The van der Waals surface area contributed by atoms with Gasteiger partial charge in [0, 0.05) is 28.0 Å².